The Morgan fingerprint density at radius 1 is 1.50 bits per heavy atom. The van der Waals surface area contributed by atoms with Crippen LogP contribution in [0.25, 0.3) is 0 Å². The highest BCUT2D eigenvalue weighted by atomic mass is 32.1. The molecule has 0 aliphatic carbocycles. The molecule has 1 aliphatic rings. The third-order valence-corrected chi connectivity index (χ3v) is 3.63. The average Bonchev–Trinajstić information content (AvgIpc) is 2.96. The second-order valence-electron chi connectivity index (χ2n) is 3.93. The molecule has 2 heterocycles. The third-order valence-electron chi connectivity index (χ3n) is 2.65. The summed E-state index contributed by atoms with van der Waals surface area (Å²) in [6.45, 7) is 4.68. The Morgan fingerprint density at radius 3 is 2.94 bits per heavy atom. The Bertz CT molecular complexity index is 283. The predicted octanol–water partition coefficient (Wildman–Crippen LogP) is 2.55. The van der Waals surface area contributed by atoms with Crippen molar-refractivity contribution in [2.75, 3.05) is 19.8 Å². The summed E-state index contributed by atoms with van der Waals surface area (Å²) in [7, 11) is 0. The van der Waals surface area contributed by atoms with Crippen LogP contribution in [0.15, 0.2) is 17.5 Å². The van der Waals surface area contributed by atoms with Crippen LogP contribution in [0, 0.1) is 0 Å². The summed E-state index contributed by atoms with van der Waals surface area (Å²) in [5.41, 5.74) is 0. The summed E-state index contributed by atoms with van der Waals surface area (Å²) >= 11 is 1.79. The monoisotopic (exact) mass is 241 g/mol. The van der Waals surface area contributed by atoms with Gasteiger partial charge in [-0.2, -0.15) is 0 Å². The van der Waals surface area contributed by atoms with E-state index in [0.717, 1.165) is 32.6 Å². The maximum atomic E-state index is 5.50. The standard InChI is InChI=1S/C12H19NO2S/c1-2-5-13-10(11-4-3-8-16-11)9-12-14-6-7-15-12/h3-4,8,10,12-13H,2,5-7,9H2,1H3. The minimum atomic E-state index is -0.0311. The number of nitrogens with one attached hydrogen (secondary N) is 1. The molecular formula is C12H19NO2S. The van der Waals surface area contributed by atoms with Gasteiger partial charge in [-0.15, -0.1) is 11.3 Å². The molecule has 1 fully saturated rings. The second-order valence-corrected chi connectivity index (χ2v) is 4.91. The van der Waals surface area contributed by atoms with Crippen LogP contribution in [0.2, 0.25) is 0 Å². The molecule has 1 atom stereocenters. The maximum Gasteiger partial charge on any atom is 0.159 e. The summed E-state index contributed by atoms with van der Waals surface area (Å²) in [5.74, 6) is 0. The van der Waals surface area contributed by atoms with Gasteiger partial charge in [0, 0.05) is 17.3 Å². The Hall–Kier alpha value is -0.420. The SMILES string of the molecule is CCCNC(CC1OCCO1)c1cccs1. The van der Waals surface area contributed by atoms with E-state index in [1.807, 2.05) is 0 Å². The minimum absolute atomic E-state index is 0.0311. The largest absolute Gasteiger partial charge is 0.350 e. The van der Waals surface area contributed by atoms with Crippen LogP contribution in [0.1, 0.15) is 30.7 Å². The van der Waals surface area contributed by atoms with Crippen LogP contribution < -0.4 is 5.32 Å². The normalized spacial score (nSPS) is 19.1. The first-order chi connectivity index (χ1) is 7.90. The number of thiophene rings is 1. The molecule has 1 aromatic heterocycles. The van der Waals surface area contributed by atoms with Crippen molar-refractivity contribution in [1.82, 2.24) is 5.32 Å². The molecule has 1 unspecified atom stereocenters. The summed E-state index contributed by atoms with van der Waals surface area (Å²) < 4.78 is 11.0. The van der Waals surface area contributed by atoms with E-state index >= 15 is 0 Å². The smallest absolute Gasteiger partial charge is 0.159 e. The van der Waals surface area contributed by atoms with Crippen LogP contribution in [0.4, 0.5) is 0 Å². The first kappa shape index (κ1) is 12.0. The molecular weight excluding hydrogens is 222 g/mol. The van der Waals surface area contributed by atoms with Gasteiger partial charge in [-0.3, -0.25) is 0 Å². The third kappa shape index (κ3) is 3.28. The van der Waals surface area contributed by atoms with Crippen molar-refractivity contribution in [3.05, 3.63) is 22.4 Å². The van der Waals surface area contributed by atoms with Crippen molar-refractivity contribution in [3.8, 4) is 0 Å². The van der Waals surface area contributed by atoms with Crippen LogP contribution in [0.5, 0.6) is 0 Å². The summed E-state index contributed by atoms with van der Waals surface area (Å²) in [4.78, 5) is 1.37. The fourth-order valence-electron chi connectivity index (χ4n) is 1.84. The van der Waals surface area contributed by atoms with Crippen molar-refractivity contribution in [3.63, 3.8) is 0 Å². The van der Waals surface area contributed by atoms with Crippen molar-refractivity contribution < 1.29 is 9.47 Å². The first-order valence-electron chi connectivity index (χ1n) is 5.90. The second kappa shape index (κ2) is 6.35. The highest BCUT2D eigenvalue weighted by Gasteiger charge is 2.22. The Kier molecular flexibility index (Phi) is 4.78. The molecule has 90 valence electrons. The molecule has 1 aliphatic heterocycles. The number of ether oxygens (including phenoxy) is 2. The molecule has 0 aromatic carbocycles. The van der Waals surface area contributed by atoms with Crippen molar-refractivity contribution in [1.29, 1.82) is 0 Å². The summed E-state index contributed by atoms with van der Waals surface area (Å²) in [6.07, 6.45) is 2.02. The van der Waals surface area contributed by atoms with E-state index in [2.05, 4.69) is 29.8 Å². The number of hydrogen-bond acceptors (Lipinski definition) is 4. The molecule has 2 rings (SSSR count). The lowest BCUT2D eigenvalue weighted by atomic mass is 10.1. The van der Waals surface area contributed by atoms with Gasteiger partial charge in [-0.25, -0.2) is 0 Å². The van der Waals surface area contributed by atoms with Gasteiger partial charge in [0.25, 0.3) is 0 Å². The van der Waals surface area contributed by atoms with Crippen molar-refractivity contribution >= 4 is 11.3 Å². The van der Waals surface area contributed by atoms with Crippen LogP contribution in [-0.4, -0.2) is 26.0 Å². The van der Waals surface area contributed by atoms with E-state index in [9.17, 15) is 0 Å². The number of rotatable bonds is 6. The van der Waals surface area contributed by atoms with E-state index in [1.165, 1.54) is 4.88 Å². The molecule has 0 amide bonds. The highest BCUT2D eigenvalue weighted by molar-refractivity contribution is 7.10. The molecule has 0 spiro atoms. The van der Waals surface area contributed by atoms with Crippen LogP contribution in [-0.2, 0) is 9.47 Å². The van der Waals surface area contributed by atoms with E-state index in [0.29, 0.717) is 6.04 Å². The lowest BCUT2D eigenvalue weighted by molar-refractivity contribution is -0.0527. The average molecular weight is 241 g/mol. The Balaban J connectivity index is 1.91. The van der Waals surface area contributed by atoms with Gasteiger partial charge in [0.2, 0.25) is 0 Å². The van der Waals surface area contributed by atoms with E-state index in [4.69, 9.17) is 9.47 Å². The first-order valence-corrected chi connectivity index (χ1v) is 6.78. The molecule has 4 heteroatoms. The molecule has 1 N–H and O–H groups in total. The maximum absolute atomic E-state index is 5.50. The molecule has 16 heavy (non-hydrogen) atoms. The van der Waals surface area contributed by atoms with Gasteiger partial charge >= 0.3 is 0 Å². The van der Waals surface area contributed by atoms with Crippen LogP contribution >= 0.6 is 11.3 Å². The predicted molar refractivity (Wildman–Crippen MR) is 65.7 cm³/mol. The zero-order chi connectivity index (χ0) is 11.2. The van der Waals surface area contributed by atoms with Gasteiger partial charge in [-0.05, 0) is 24.4 Å². The molecule has 1 aromatic rings. The van der Waals surface area contributed by atoms with Gasteiger partial charge in [0.1, 0.15) is 0 Å². The molecule has 1 saturated heterocycles. The molecule has 0 bridgehead atoms. The zero-order valence-corrected chi connectivity index (χ0v) is 10.5. The minimum Gasteiger partial charge on any atom is -0.350 e. The quantitative estimate of drug-likeness (QED) is 0.830. The fraction of sp³-hybridized carbons (Fsp3) is 0.667. The summed E-state index contributed by atoms with van der Waals surface area (Å²) in [6, 6.07) is 4.63. The molecule has 3 nitrogen and oxygen atoms in total. The molecule has 0 radical (unpaired) electrons. The van der Waals surface area contributed by atoms with E-state index < -0.39 is 0 Å². The topological polar surface area (TPSA) is 30.5 Å². The number of hydrogen-bond donors (Lipinski definition) is 1. The van der Waals surface area contributed by atoms with Crippen molar-refractivity contribution in [2.24, 2.45) is 0 Å². The Labute approximate surface area is 101 Å². The van der Waals surface area contributed by atoms with Gasteiger partial charge in [0.15, 0.2) is 6.29 Å². The van der Waals surface area contributed by atoms with Crippen molar-refractivity contribution in [2.45, 2.75) is 32.1 Å². The molecule has 0 saturated carbocycles. The lowest BCUT2D eigenvalue weighted by Crippen LogP contribution is -2.26. The van der Waals surface area contributed by atoms with Gasteiger partial charge in [-0.1, -0.05) is 13.0 Å². The van der Waals surface area contributed by atoms with Gasteiger partial charge < -0.3 is 14.8 Å². The van der Waals surface area contributed by atoms with Gasteiger partial charge in [0.05, 0.1) is 13.2 Å². The summed E-state index contributed by atoms with van der Waals surface area (Å²) in [5, 5.41) is 5.67. The van der Waals surface area contributed by atoms with E-state index in [-0.39, 0.29) is 6.29 Å². The Morgan fingerprint density at radius 2 is 2.31 bits per heavy atom. The highest BCUT2D eigenvalue weighted by Crippen LogP contribution is 2.25. The van der Waals surface area contributed by atoms with Crippen LogP contribution in [0.3, 0.4) is 0 Å². The van der Waals surface area contributed by atoms with E-state index in [1.54, 1.807) is 11.3 Å². The zero-order valence-electron chi connectivity index (χ0n) is 9.65. The lowest BCUT2D eigenvalue weighted by Gasteiger charge is -2.20. The fourth-order valence-corrected chi connectivity index (χ4v) is 2.66.